The number of hydrogen-bond donors (Lipinski definition) is 3. The van der Waals surface area contributed by atoms with Crippen molar-refractivity contribution in [2.24, 2.45) is 0 Å². The van der Waals surface area contributed by atoms with Gasteiger partial charge in [-0.15, -0.1) is 0 Å². The Morgan fingerprint density at radius 3 is 2.61 bits per heavy atom. The van der Waals surface area contributed by atoms with Gasteiger partial charge in [-0.2, -0.15) is 0 Å². The van der Waals surface area contributed by atoms with Gasteiger partial charge in [-0.3, -0.25) is 4.79 Å². The fraction of sp³-hybridized carbons (Fsp3) is 0.379. The fourth-order valence-electron chi connectivity index (χ4n) is 6.48. The number of aromatic carboxylic acids is 1. The molecule has 0 radical (unpaired) electrons. The van der Waals surface area contributed by atoms with Crippen LogP contribution in [0.25, 0.3) is 33.1 Å². The van der Waals surface area contributed by atoms with Crippen LogP contribution in [0.1, 0.15) is 67.4 Å². The summed E-state index contributed by atoms with van der Waals surface area (Å²) in [6, 6.07) is 12.1. The van der Waals surface area contributed by atoms with E-state index in [4.69, 9.17) is 5.11 Å². The highest BCUT2D eigenvalue weighted by molar-refractivity contribution is 6.03. The quantitative estimate of drug-likeness (QED) is 0.318. The number of aliphatic carboxylic acids is 1. The van der Waals surface area contributed by atoms with Gasteiger partial charge < -0.3 is 24.7 Å². The van der Waals surface area contributed by atoms with Gasteiger partial charge in [0.25, 0.3) is 0 Å². The average Bonchev–Trinajstić information content (AvgIpc) is 3.38. The normalized spacial score (nSPS) is 16.1. The number of benzene rings is 2. The van der Waals surface area contributed by atoms with E-state index in [9.17, 15) is 14.7 Å². The Bertz CT molecular complexity index is 1500. The highest BCUT2D eigenvalue weighted by Crippen LogP contribution is 2.46. The van der Waals surface area contributed by atoms with Gasteiger partial charge in [-0.25, -0.2) is 4.79 Å². The summed E-state index contributed by atoms with van der Waals surface area (Å²) >= 11 is 0. The fourth-order valence-corrected chi connectivity index (χ4v) is 6.48. The minimum absolute atomic E-state index is 0. The Hall–Kier alpha value is -3.58. The highest BCUT2D eigenvalue weighted by atomic mass is 16.4. The third kappa shape index (κ3) is 3.78. The van der Waals surface area contributed by atoms with Gasteiger partial charge >= 0.3 is 11.9 Å². The molecular formula is C29H33N3O4. The minimum atomic E-state index is -0.896. The van der Waals surface area contributed by atoms with Gasteiger partial charge in [0.2, 0.25) is 0 Å². The molecule has 3 heterocycles. The Morgan fingerprint density at radius 1 is 1.00 bits per heavy atom. The van der Waals surface area contributed by atoms with Crippen LogP contribution in [0, 0.1) is 0 Å². The smallest absolute Gasteiger partial charge is 0.335 e. The second-order valence-electron chi connectivity index (χ2n) is 10.2. The predicted octanol–water partition coefficient (Wildman–Crippen LogP) is 5.83. The number of rotatable bonds is 6. The lowest BCUT2D eigenvalue weighted by Gasteiger charge is -2.25. The van der Waals surface area contributed by atoms with Crippen molar-refractivity contribution in [3.05, 3.63) is 59.3 Å². The maximum Gasteiger partial charge on any atom is 0.335 e. The molecule has 0 amide bonds. The zero-order valence-corrected chi connectivity index (χ0v) is 20.3. The first-order chi connectivity index (χ1) is 17.5. The number of aryl methyl sites for hydroxylation is 2. The van der Waals surface area contributed by atoms with Crippen LogP contribution in [0.5, 0.6) is 0 Å². The van der Waals surface area contributed by atoms with E-state index in [1.165, 1.54) is 47.0 Å². The third-order valence-electron chi connectivity index (χ3n) is 7.97. The molecule has 6 rings (SSSR count). The highest BCUT2D eigenvalue weighted by Gasteiger charge is 2.29. The Morgan fingerprint density at radius 2 is 1.83 bits per heavy atom. The summed E-state index contributed by atoms with van der Waals surface area (Å²) in [5.41, 5.74) is 7.42. The number of carboxylic acids is 2. The summed E-state index contributed by atoms with van der Waals surface area (Å²) in [7, 11) is 0. The zero-order chi connectivity index (χ0) is 24.8. The van der Waals surface area contributed by atoms with Crippen LogP contribution in [-0.4, -0.2) is 37.8 Å². The molecule has 0 atom stereocenters. The number of aromatic nitrogens is 2. The molecule has 7 heteroatoms. The average molecular weight is 488 g/mol. The molecule has 0 bridgehead atoms. The molecular weight excluding hydrogens is 454 g/mol. The number of carbonyl (C=O) groups is 2. The van der Waals surface area contributed by atoms with Crippen molar-refractivity contribution in [2.75, 3.05) is 6.54 Å². The Labute approximate surface area is 210 Å². The van der Waals surface area contributed by atoms with Crippen molar-refractivity contribution in [2.45, 2.75) is 64.1 Å². The molecule has 2 aliphatic rings. The van der Waals surface area contributed by atoms with Crippen LogP contribution in [0.4, 0.5) is 0 Å². The molecule has 2 aromatic carbocycles. The molecule has 1 fully saturated rings. The maximum absolute atomic E-state index is 11.8. The number of nitrogens with zero attached hydrogens (tertiary/aromatic N) is 2. The van der Waals surface area contributed by atoms with Gasteiger partial charge in [0, 0.05) is 49.1 Å². The van der Waals surface area contributed by atoms with Crippen LogP contribution in [0.2, 0.25) is 0 Å². The lowest BCUT2D eigenvalue weighted by Crippen LogP contribution is -2.21. The van der Waals surface area contributed by atoms with E-state index in [-0.39, 0.29) is 7.97 Å². The van der Waals surface area contributed by atoms with Crippen molar-refractivity contribution in [3.63, 3.8) is 0 Å². The van der Waals surface area contributed by atoms with Crippen molar-refractivity contribution < 1.29 is 21.2 Å². The van der Waals surface area contributed by atoms with Crippen molar-refractivity contribution in [3.8, 4) is 11.3 Å². The summed E-state index contributed by atoms with van der Waals surface area (Å²) in [6.45, 7) is 2.10. The van der Waals surface area contributed by atoms with Gasteiger partial charge in [-0.1, -0.05) is 43.5 Å². The summed E-state index contributed by atoms with van der Waals surface area (Å²) in [5, 5.41) is 24.1. The second-order valence-corrected chi connectivity index (χ2v) is 10.2. The van der Waals surface area contributed by atoms with Crippen molar-refractivity contribution >= 4 is 33.7 Å². The number of hydrogen-bond acceptors (Lipinski definition) is 3. The molecule has 0 saturated heterocycles. The van der Waals surface area contributed by atoms with Crippen LogP contribution < -0.4 is 5.32 Å². The number of fused-ring (bicyclic) bond motifs is 4. The van der Waals surface area contributed by atoms with E-state index in [0.717, 1.165) is 48.8 Å². The molecule has 0 spiro atoms. The first kappa shape index (κ1) is 22.9. The van der Waals surface area contributed by atoms with Crippen LogP contribution >= 0.6 is 0 Å². The van der Waals surface area contributed by atoms with Crippen LogP contribution in [0.3, 0.4) is 0 Å². The molecule has 4 aromatic rings. The summed E-state index contributed by atoms with van der Waals surface area (Å²) in [5.74, 6) is -1.30. The molecule has 36 heavy (non-hydrogen) atoms. The van der Waals surface area contributed by atoms with Crippen molar-refractivity contribution in [1.29, 1.82) is 0 Å². The topological polar surface area (TPSA) is 96.5 Å². The molecule has 1 saturated carbocycles. The molecule has 0 unspecified atom stereocenters. The Balaban J connectivity index is 0.00000280. The third-order valence-corrected chi connectivity index (χ3v) is 7.97. The first-order valence-corrected chi connectivity index (χ1v) is 13.0. The predicted molar refractivity (Wildman–Crippen MR) is 142 cm³/mol. The van der Waals surface area contributed by atoms with Crippen LogP contribution in [-0.2, 0) is 24.4 Å². The number of carboxylic acid groups (broad SMARTS) is 2. The summed E-state index contributed by atoms with van der Waals surface area (Å²) in [6.07, 6.45) is 9.15. The molecule has 1 aliphatic carbocycles. The SMILES string of the molecule is O=C(O)CNCc1cn2c3c(cccc13)-c1c(C3CCCCC3)c3ccc(C(=O)O)cc3n1CCC2.[HH]. The zero-order valence-electron chi connectivity index (χ0n) is 20.3. The molecule has 3 N–H and O–H groups in total. The van der Waals surface area contributed by atoms with Gasteiger partial charge in [-0.05, 0) is 48.4 Å². The second kappa shape index (κ2) is 9.13. The van der Waals surface area contributed by atoms with E-state index >= 15 is 0 Å². The van der Waals surface area contributed by atoms with E-state index in [1.807, 2.05) is 12.1 Å². The van der Waals surface area contributed by atoms with E-state index in [0.29, 0.717) is 18.0 Å². The van der Waals surface area contributed by atoms with Crippen LogP contribution in [0.15, 0.2) is 42.6 Å². The largest absolute Gasteiger partial charge is 0.480 e. The van der Waals surface area contributed by atoms with Gasteiger partial charge in [0.15, 0.2) is 0 Å². The maximum atomic E-state index is 11.8. The summed E-state index contributed by atoms with van der Waals surface area (Å²) < 4.78 is 4.70. The van der Waals surface area contributed by atoms with Gasteiger partial charge in [0.05, 0.1) is 23.3 Å². The minimum Gasteiger partial charge on any atom is -0.480 e. The molecule has 188 valence electrons. The van der Waals surface area contributed by atoms with E-state index in [2.05, 4.69) is 38.8 Å². The van der Waals surface area contributed by atoms with Crippen molar-refractivity contribution in [1.82, 2.24) is 14.5 Å². The Kier molecular flexibility index (Phi) is 5.80. The monoisotopic (exact) mass is 487 g/mol. The van der Waals surface area contributed by atoms with Gasteiger partial charge in [0.1, 0.15) is 0 Å². The molecule has 7 nitrogen and oxygen atoms in total. The molecule has 1 aliphatic heterocycles. The lowest BCUT2D eigenvalue weighted by molar-refractivity contribution is -0.136. The standard InChI is InChI=1S/C29H31N3O4.H2/c33-25(34)16-30-15-20-17-31-12-5-13-32-24-14-19(29(35)36)10-11-22(24)26(18-6-2-1-3-7-18)28(32)23-9-4-8-21(20)27(23)31;/h4,8-11,14,17-18,30H,1-3,5-7,12-13,15-16H2,(H,33,34)(H,35,36);1H. The first-order valence-electron chi connectivity index (χ1n) is 13.0. The van der Waals surface area contributed by atoms with E-state index in [1.54, 1.807) is 6.07 Å². The molecule has 2 aromatic heterocycles. The number of para-hydroxylation sites is 1. The number of nitrogens with one attached hydrogen (secondary N) is 1. The van der Waals surface area contributed by atoms with E-state index < -0.39 is 11.9 Å². The lowest BCUT2D eigenvalue weighted by atomic mass is 9.81. The summed E-state index contributed by atoms with van der Waals surface area (Å²) in [4.78, 5) is 22.9.